The Balaban J connectivity index is 2.58. The third kappa shape index (κ3) is 3.01. The van der Waals surface area contributed by atoms with Crippen molar-refractivity contribution < 1.29 is 0 Å². The fourth-order valence-electron chi connectivity index (χ4n) is 0.773. The fraction of sp³-hybridized carbons (Fsp3) is 0.444. The molecule has 0 saturated heterocycles. The Morgan fingerprint density at radius 3 is 2.86 bits per heavy atom. The monoisotopic (exact) mass is 193 g/mol. The molecule has 3 N–H and O–H groups in total. The average Bonchev–Trinajstić information content (AvgIpc) is 2.15. The standard InChI is InChI=1S/C9H15N5/c1-4-9(2,3)5-11-8-13-6-12-7(10)14-8/h4,6H,1,5H2,2-3H3,(H3,10,11,12,13,14). The molecule has 1 aromatic heterocycles. The molecular formula is C9H15N5. The van der Waals surface area contributed by atoms with Gasteiger partial charge in [0.25, 0.3) is 0 Å². The van der Waals surface area contributed by atoms with Crippen LogP contribution in [-0.2, 0) is 0 Å². The number of nitrogen functional groups attached to an aromatic ring is 1. The number of rotatable bonds is 4. The van der Waals surface area contributed by atoms with Gasteiger partial charge in [-0.2, -0.15) is 4.98 Å². The molecule has 0 amide bonds. The van der Waals surface area contributed by atoms with Gasteiger partial charge in [-0.25, -0.2) is 9.97 Å². The van der Waals surface area contributed by atoms with Gasteiger partial charge in [0, 0.05) is 6.54 Å². The molecule has 0 aromatic carbocycles. The highest BCUT2D eigenvalue weighted by atomic mass is 15.2. The molecule has 5 nitrogen and oxygen atoms in total. The largest absolute Gasteiger partial charge is 0.368 e. The van der Waals surface area contributed by atoms with E-state index in [0.717, 1.165) is 0 Å². The molecule has 1 heterocycles. The van der Waals surface area contributed by atoms with E-state index in [0.29, 0.717) is 12.5 Å². The maximum atomic E-state index is 5.41. The van der Waals surface area contributed by atoms with Gasteiger partial charge < -0.3 is 11.1 Å². The highest BCUT2D eigenvalue weighted by Crippen LogP contribution is 2.15. The van der Waals surface area contributed by atoms with Gasteiger partial charge in [0.1, 0.15) is 6.33 Å². The highest BCUT2D eigenvalue weighted by molar-refractivity contribution is 5.29. The van der Waals surface area contributed by atoms with Gasteiger partial charge >= 0.3 is 0 Å². The molecule has 0 aliphatic heterocycles. The summed E-state index contributed by atoms with van der Waals surface area (Å²) in [6.45, 7) is 8.59. The summed E-state index contributed by atoms with van der Waals surface area (Å²) in [7, 11) is 0. The van der Waals surface area contributed by atoms with Gasteiger partial charge in [-0.15, -0.1) is 6.58 Å². The fourth-order valence-corrected chi connectivity index (χ4v) is 0.773. The summed E-state index contributed by atoms with van der Waals surface area (Å²) in [5, 5.41) is 3.06. The molecule has 1 rings (SSSR count). The van der Waals surface area contributed by atoms with E-state index in [-0.39, 0.29) is 11.4 Å². The number of nitrogens with one attached hydrogen (secondary N) is 1. The quantitative estimate of drug-likeness (QED) is 0.700. The molecule has 0 aliphatic rings. The van der Waals surface area contributed by atoms with Crippen LogP contribution in [0.1, 0.15) is 13.8 Å². The van der Waals surface area contributed by atoms with Crippen LogP contribution in [-0.4, -0.2) is 21.5 Å². The molecular weight excluding hydrogens is 178 g/mol. The zero-order valence-corrected chi connectivity index (χ0v) is 8.49. The zero-order valence-electron chi connectivity index (χ0n) is 8.49. The Hall–Kier alpha value is -1.65. The van der Waals surface area contributed by atoms with Crippen LogP contribution in [0.15, 0.2) is 19.0 Å². The Kier molecular flexibility index (Phi) is 3.01. The zero-order chi connectivity index (χ0) is 10.6. The summed E-state index contributed by atoms with van der Waals surface area (Å²) in [6, 6.07) is 0. The predicted molar refractivity (Wildman–Crippen MR) is 56.7 cm³/mol. The summed E-state index contributed by atoms with van der Waals surface area (Å²) in [4.78, 5) is 11.5. The normalized spacial score (nSPS) is 11.0. The summed E-state index contributed by atoms with van der Waals surface area (Å²) in [6.07, 6.45) is 3.26. The third-order valence-electron chi connectivity index (χ3n) is 1.85. The minimum Gasteiger partial charge on any atom is -0.368 e. The number of hydrogen-bond donors (Lipinski definition) is 2. The van der Waals surface area contributed by atoms with Crippen molar-refractivity contribution in [3.8, 4) is 0 Å². The summed E-state index contributed by atoms with van der Waals surface area (Å²) < 4.78 is 0. The molecule has 0 spiro atoms. The van der Waals surface area contributed by atoms with E-state index in [1.54, 1.807) is 0 Å². The molecule has 5 heteroatoms. The summed E-state index contributed by atoms with van der Waals surface area (Å²) in [5.41, 5.74) is 5.41. The molecule has 0 bridgehead atoms. The van der Waals surface area contributed by atoms with Crippen molar-refractivity contribution in [2.24, 2.45) is 5.41 Å². The first-order chi connectivity index (χ1) is 6.53. The minimum absolute atomic E-state index is 0.00138. The Labute approximate surface area is 83.5 Å². The van der Waals surface area contributed by atoms with E-state index in [2.05, 4.69) is 40.7 Å². The van der Waals surface area contributed by atoms with Crippen LogP contribution < -0.4 is 11.1 Å². The van der Waals surface area contributed by atoms with Gasteiger partial charge in [0.05, 0.1) is 0 Å². The predicted octanol–water partition coefficient (Wildman–Crippen LogP) is 1.08. The van der Waals surface area contributed by atoms with Crippen LogP contribution in [0.2, 0.25) is 0 Å². The van der Waals surface area contributed by atoms with E-state index in [9.17, 15) is 0 Å². The smallest absolute Gasteiger partial charge is 0.227 e. The average molecular weight is 193 g/mol. The van der Waals surface area contributed by atoms with E-state index < -0.39 is 0 Å². The molecule has 0 atom stereocenters. The van der Waals surface area contributed by atoms with Crippen LogP contribution in [0.3, 0.4) is 0 Å². The number of aromatic nitrogens is 3. The SMILES string of the molecule is C=CC(C)(C)CNc1ncnc(N)n1. The second-order valence-corrected chi connectivity index (χ2v) is 3.71. The van der Waals surface area contributed by atoms with Crippen LogP contribution >= 0.6 is 0 Å². The minimum atomic E-state index is 0.00138. The lowest BCUT2D eigenvalue weighted by Gasteiger charge is -2.19. The molecule has 0 aliphatic carbocycles. The lowest BCUT2D eigenvalue weighted by Crippen LogP contribution is -2.21. The first kappa shape index (κ1) is 10.4. The maximum Gasteiger partial charge on any atom is 0.227 e. The summed E-state index contributed by atoms with van der Waals surface area (Å²) >= 11 is 0. The van der Waals surface area contributed by atoms with E-state index >= 15 is 0 Å². The second-order valence-electron chi connectivity index (χ2n) is 3.71. The molecule has 0 fully saturated rings. The van der Waals surface area contributed by atoms with Crippen molar-refractivity contribution in [2.45, 2.75) is 13.8 Å². The van der Waals surface area contributed by atoms with E-state index in [4.69, 9.17) is 5.73 Å². The van der Waals surface area contributed by atoms with Gasteiger partial charge in [0.2, 0.25) is 11.9 Å². The molecule has 14 heavy (non-hydrogen) atoms. The lowest BCUT2D eigenvalue weighted by atomic mass is 9.94. The topological polar surface area (TPSA) is 76.7 Å². The van der Waals surface area contributed by atoms with Crippen molar-refractivity contribution in [1.82, 2.24) is 15.0 Å². The molecule has 0 saturated carbocycles. The second kappa shape index (κ2) is 4.04. The number of hydrogen-bond acceptors (Lipinski definition) is 5. The highest BCUT2D eigenvalue weighted by Gasteiger charge is 2.12. The number of nitrogens with zero attached hydrogens (tertiary/aromatic N) is 3. The van der Waals surface area contributed by atoms with Crippen molar-refractivity contribution in [2.75, 3.05) is 17.6 Å². The summed E-state index contributed by atoms with van der Waals surface area (Å²) in [5.74, 6) is 0.714. The van der Waals surface area contributed by atoms with Gasteiger partial charge in [-0.05, 0) is 5.41 Å². The van der Waals surface area contributed by atoms with Crippen molar-refractivity contribution in [3.63, 3.8) is 0 Å². The van der Waals surface area contributed by atoms with Crippen molar-refractivity contribution >= 4 is 11.9 Å². The number of nitrogens with two attached hydrogens (primary N) is 1. The Morgan fingerprint density at radius 2 is 2.29 bits per heavy atom. The van der Waals surface area contributed by atoms with Crippen LogP contribution in [0.4, 0.5) is 11.9 Å². The van der Waals surface area contributed by atoms with Gasteiger partial charge in [-0.3, -0.25) is 0 Å². The van der Waals surface area contributed by atoms with E-state index in [1.807, 2.05) is 6.08 Å². The van der Waals surface area contributed by atoms with Crippen molar-refractivity contribution in [1.29, 1.82) is 0 Å². The third-order valence-corrected chi connectivity index (χ3v) is 1.85. The van der Waals surface area contributed by atoms with E-state index in [1.165, 1.54) is 6.33 Å². The molecule has 0 radical (unpaired) electrons. The Bertz CT molecular complexity index is 321. The molecule has 1 aromatic rings. The van der Waals surface area contributed by atoms with Crippen LogP contribution in [0.5, 0.6) is 0 Å². The first-order valence-corrected chi connectivity index (χ1v) is 4.35. The Morgan fingerprint density at radius 1 is 1.57 bits per heavy atom. The van der Waals surface area contributed by atoms with Crippen LogP contribution in [0, 0.1) is 5.41 Å². The lowest BCUT2D eigenvalue weighted by molar-refractivity contribution is 0.512. The number of anilines is 2. The molecule has 0 unspecified atom stereocenters. The first-order valence-electron chi connectivity index (χ1n) is 4.35. The maximum absolute atomic E-state index is 5.41. The van der Waals surface area contributed by atoms with Gasteiger partial charge in [-0.1, -0.05) is 19.9 Å². The van der Waals surface area contributed by atoms with Crippen LogP contribution in [0.25, 0.3) is 0 Å². The van der Waals surface area contributed by atoms with Crippen molar-refractivity contribution in [3.05, 3.63) is 19.0 Å². The van der Waals surface area contributed by atoms with Gasteiger partial charge in [0.15, 0.2) is 0 Å². The molecule has 76 valence electrons.